The summed E-state index contributed by atoms with van der Waals surface area (Å²) in [5.74, 6) is -0.757. The van der Waals surface area contributed by atoms with Crippen LogP contribution in [0.1, 0.15) is 5.56 Å². The summed E-state index contributed by atoms with van der Waals surface area (Å²) in [5.41, 5.74) is -0.355. The molecule has 20 heavy (non-hydrogen) atoms. The zero-order valence-corrected chi connectivity index (χ0v) is 11.4. The van der Waals surface area contributed by atoms with Crippen LogP contribution in [-0.4, -0.2) is 13.4 Å². The molecule has 2 aromatic rings. The number of anilines is 1. The second kappa shape index (κ2) is 5.45. The molecule has 0 aliphatic heterocycles. The first-order valence-electron chi connectivity index (χ1n) is 5.26. The smallest absolute Gasteiger partial charge is 0.263 e. The molecule has 0 amide bonds. The van der Waals surface area contributed by atoms with Gasteiger partial charge in [0.05, 0.1) is 10.5 Å². The number of nitrogens with zero attached hydrogens (tertiary/aromatic N) is 2. The Morgan fingerprint density at radius 2 is 2.05 bits per heavy atom. The topological polar surface area (TPSA) is 82.8 Å². The molecule has 2 rings (SSSR count). The van der Waals surface area contributed by atoms with Crippen molar-refractivity contribution in [3.05, 3.63) is 52.9 Å². The second-order valence-electron chi connectivity index (χ2n) is 3.72. The van der Waals surface area contributed by atoms with E-state index in [1.807, 2.05) is 0 Å². The van der Waals surface area contributed by atoms with Gasteiger partial charge in [-0.3, -0.25) is 4.72 Å². The summed E-state index contributed by atoms with van der Waals surface area (Å²) in [7, 11) is -3.97. The Hall–Kier alpha value is -2.17. The van der Waals surface area contributed by atoms with E-state index in [2.05, 4.69) is 9.71 Å². The first kappa shape index (κ1) is 14.2. The molecule has 0 fully saturated rings. The SMILES string of the molecule is N#Cc1cc(S(=O)(=O)Nc2cc(Cl)ccn2)ccc1F. The Bertz CT molecular complexity index is 803. The van der Waals surface area contributed by atoms with Crippen molar-refractivity contribution in [2.24, 2.45) is 0 Å². The summed E-state index contributed by atoms with van der Waals surface area (Å²) in [4.78, 5) is 3.56. The molecule has 0 bridgehead atoms. The van der Waals surface area contributed by atoms with Crippen molar-refractivity contribution < 1.29 is 12.8 Å². The van der Waals surface area contributed by atoms with E-state index in [0.29, 0.717) is 5.02 Å². The molecule has 0 saturated carbocycles. The summed E-state index contributed by atoms with van der Waals surface area (Å²) >= 11 is 5.72. The average Bonchev–Trinajstić information content (AvgIpc) is 2.38. The van der Waals surface area contributed by atoms with Gasteiger partial charge in [-0.15, -0.1) is 0 Å². The molecular weight excluding hydrogens is 305 g/mol. The summed E-state index contributed by atoms with van der Waals surface area (Å²) in [5, 5.41) is 9.01. The van der Waals surface area contributed by atoms with Crippen molar-refractivity contribution in [3.8, 4) is 6.07 Å². The minimum Gasteiger partial charge on any atom is -0.263 e. The van der Waals surface area contributed by atoms with Gasteiger partial charge in [0.1, 0.15) is 17.7 Å². The number of halogens is 2. The maximum absolute atomic E-state index is 13.2. The fraction of sp³-hybridized carbons (Fsp3) is 0. The van der Waals surface area contributed by atoms with Crippen molar-refractivity contribution in [2.75, 3.05) is 4.72 Å². The Kier molecular flexibility index (Phi) is 3.88. The maximum atomic E-state index is 13.2. The van der Waals surface area contributed by atoms with Crippen LogP contribution >= 0.6 is 11.6 Å². The fourth-order valence-electron chi connectivity index (χ4n) is 1.41. The van der Waals surface area contributed by atoms with Gasteiger partial charge in [0.25, 0.3) is 10.0 Å². The van der Waals surface area contributed by atoms with E-state index in [1.165, 1.54) is 18.3 Å². The molecule has 1 heterocycles. The van der Waals surface area contributed by atoms with Gasteiger partial charge in [0.2, 0.25) is 0 Å². The summed E-state index contributed by atoms with van der Waals surface area (Å²) in [6.07, 6.45) is 1.34. The number of hydrogen-bond acceptors (Lipinski definition) is 4. The first-order chi connectivity index (χ1) is 9.42. The van der Waals surface area contributed by atoms with E-state index >= 15 is 0 Å². The zero-order chi connectivity index (χ0) is 14.8. The van der Waals surface area contributed by atoms with E-state index in [-0.39, 0.29) is 16.3 Å². The van der Waals surface area contributed by atoms with Crippen molar-refractivity contribution in [2.45, 2.75) is 4.90 Å². The number of nitriles is 1. The summed E-state index contributed by atoms with van der Waals surface area (Å²) in [6.45, 7) is 0. The van der Waals surface area contributed by atoms with Gasteiger partial charge in [-0.05, 0) is 24.3 Å². The molecular formula is C12H7ClFN3O2S. The Labute approximate surface area is 119 Å². The number of aromatic nitrogens is 1. The van der Waals surface area contributed by atoms with E-state index < -0.39 is 15.8 Å². The van der Waals surface area contributed by atoms with Gasteiger partial charge in [0, 0.05) is 17.3 Å². The highest BCUT2D eigenvalue weighted by Gasteiger charge is 2.17. The van der Waals surface area contributed by atoms with E-state index in [4.69, 9.17) is 16.9 Å². The zero-order valence-electron chi connectivity index (χ0n) is 9.84. The highest BCUT2D eigenvalue weighted by molar-refractivity contribution is 7.92. The Morgan fingerprint density at radius 1 is 1.30 bits per heavy atom. The molecule has 1 N–H and O–H groups in total. The standard InChI is InChI=1S/C12H7ClFN3O2S/c13-9-3-4-16-12(6-9)17-20(18,19)10-1-2-11(14)8(5-10)7-15/h1-6H,(H,16,17). The van der Waals surface area contributed by atoms with Crippen LogP contribution in [0.2, 0.25) is 5.02 Å². The number of rotatable bonds is 3. The third-order valence-corrected chi connectivity index (χ3v) is 3.92. The molecule has 102 valence electrons. The molecule has 0 aliphatic carbocycles. The number of hydrogen-bond donors (Lipinski definition) is 1. The van der Waals surface area contributed by atoms with Crippen molar-refractivity contribution >= 4 is 27.4 Å². The van der Waals surface area contributed by atoms with Crippen LogP contribution < -0.4 is 4.72 Å². The lowest BCUT2D eigenvalue weighted by atomic mass is 10.2. The number of nitrogens with one attached hydrogen (secondary N) is 1. The summed E-state index contributed by atoms with van der Waals surface area (Å²) < 4.78 is 39.5. The van der Waals surface area contributed by atoms with E-state index in [1.54, 1.807) is 6.07 Å². The molecule has 0 radical (unpaired) electrons. The minimum atomic E-state index is -3.97. The lowest BCUT2D eigenvalue weighted by Crippen LogP contribution is -2.14. The van der Waals surface area contributed by atoms with Crippen molar-refractivity contribution in [1.82, 2.24) is 4.98 Å². The number of sulfonamides is 1. The molecule has 1 aromatic carbocycles. The largest absolute Gasteiger partial charge is 0.263 e. The monoisotopic (exact) mass is 311 g/mol. The molecule has 0 unspecified atom stereocenters. The molecule has 0 aliphatic rings. The Morgan fingerprint density at radius 3 is 2.70 bits per heavy atom. The predicted octanol–water partition coefficient (Wildman–Crippen LogP) is 2.55. The maximum Gasteiger partial charge on any atom is 0.263 e. The molecule has 5 nitrogen and oxygen atoms in total. The third-order valence-electron chi connectivity index (χ3n) is 2.33. The van der Waals surface area contributed by atoms with Gasteiger partial charge in [-0.25, -0.2) is 17.8 Å². The second-order valence-corrected chi connectivity index (χ2v) is 5.84. The van der Waals surface area contributed by atoms with Crippen molar-refractivity contribution in [1.29, 1.82) is 5.26 Å². The molecule has 0 atom stereocenters. The highest BCUT2D eigenvalue weighted by Crippen LogP contribution is 2.19. The van der Waals surface area contributed by atoms with Crippen LogP contribution in [0.25, 0.3) is 0 Å². The minimum absolute atomic E-state index is 0.0281. The van der Waals surface area contributed by atoms with E-state index in [9.17, 15) is 12.8 Å². The van der Waals surface area contributed by atoms with Gasteiger partial charge in [-0.1, -0.05) is 11.6 Å². The summed E-state index contributed by atoms with van der Waals surface area (Å²) in [6, 6.07) is 7.32. The van der Waals surface area contributed by atoms with Gasteiger partial charge in [-0.2, -0.15) is 5.26 Å². The number of benzene rings is 1. The van der Waals surface area contributed by atoms with Crippen LogP contribution in [0.4, 0.5) is 10.2 Å². The molecule has 0 spiro atoms. The normalized spacial score (nSPS) is 10.8. The predicted molar refractivity (Wildman–Crippen MR) is 71.2 cm³/mol. The first-order valence-corrected chi connectivity index (χ1v) is 7.12. The van der Waals surface area contributed by atoms with Gasteiger partial charge >= 0.3 is 0 Å². The van der Waals surface area contributed by atoms with E-state index in [0.717, 1.165) is 18.2 Å². The fourth-order valence-corrected chi connectivity index (χ4v) is 2.60. The van der Waals surface area contributed by atoms with Gasteiger partial charge < -0.3 is 0 Å². The lowest BCUT2D eigenvalue weighted by molar-refractivity contribution is 0.599. The molecule has 0 saturated heterocycles. The Balaban J connectivity index is 2.39. The molecule has 8 heteroatoms. The van der Waals surface area contributed by atoms with Crippen LogP contribution in [0.5, 0.6) is 0 Å². The van der Waals surface area contributed by atoms with Crippen molar-refractivity contribution in [3.63, 3.8) is 0 Å². The number of pyridine rings is 1. The van der Waals surface area contributed by atoms with Crippen LogP contribution in [0, 0.1) is 17.1 Å². The van der Waals surface area contributed by atoms with Crippen LogP contribution in [-0.2, 0) is 10.0 Å². The third kappa shape index (κ3) is 3.04. The van der Waals surface area contributed by atoms with Crippen LogP contribution in [0.3, 0.4) is 0 Å². The van der Waals surface area contributed by atoms with Crippen LogP contribution in [0.15, 0.2) is 41.4 Å². The quantitative estimate of drug-likeness (QED) is 0.944. The van der Waals surface area contributed by atoms with Gasteiger partial charge in [0.15, 0.2) is 0 Å². The highest BCUT2D eigenvalue weighted by atomic mass is 35.5. The average molecular weight is 312 g/mol. The lowest BCUT2D eigenvalue weighted by Gasteiger charge is -2.07. The molecule has 1 aromatic heterocycles.